The molecule has 0 radical (unpaired) electrons. The highest BCUT2D eigenvalue weighted by atomic mass is 19.4. The summed E-state index contributed by atoms with van der Waals surface area (Å²) in [6, 6.07) is 2.36. The van der Waals surface area contributed by atoms with Gasteiger partial charge in [-0.1, -0.05) is 12.1 Å². The second-order valence-corrected chi connectivity index (χ2v) is 3.29. The van der Waals surface area contributed by atoms with Gasteiger partial charge in [0.05, 0.1) is 11.0 Å². The first-order valence-corrected chi connectivity index (χ1v) is 4.52. The fourth-order valence-corrected chi connectivity index (χ4v) is 1.44. The summed E-state index contributed by atoms with van der Waals surface area (Å²) in [4.78, 5) is 7.79. The maximum Gasteiger partial charge on any atom is 0.407 e. The van der Waals surface area contributed by atoms with Gasteiger partial charge in [0.25, 0.3) is 0 Å². The number of nitrogens with two attached hydrogens (primary N) is 1. The number of fused-ring (bicyclic) bond motifs is 1. The average molecular weight is 227 g/mol. The van der Waals surface area contributed by atoms with Gasteiger partial charge in [0.15, 0.2) is 0 Å². The molecule has 16 heavy (non-hydrogen) atoms. The van der Waals surface area contributed by atoms with E-state index < -0.39 is 12.2 Å². The summed E-state index contributed by atoms with van der Waals surface area (Å²) in [5.41, 5.74) is 5.68. The van der Waals surface area contributed by atoms with Gasteiger partial charge in [-0.15, -0.1) is 0 Å². The third-order valence-corrected chi connectivity index (χ3v) is 2.22. The molecule has 0 saturated carbocycles. The monoisotopic (exact) mass is 227 g/mol. The molecule has 0 aliphatic heterocycles. The molecule has 1 aromatic heterocycles. The predicted octanol–water partition coefficient (Wildman–Crippen LogP) is 2.19. The largest absolute Gasteiger partial charge is 0.407 e. The van der Waals surface area contributed by atoms with Gasteiger partial charge >= 0.3 is 6.18 Å². The molecule has 0 aliphatic carbocycles. The molecule has 3 nitrogen and oxygen atoms in total. The van der Waals surface area contributed by atoms with E-state index in [-0.39, 0.29) is 11.1 Å². The molecule has 0 amide bonds. The molecule has 6 heteroatoms. The minimum atomic E-state index is -4.48. The third-order valence-electron chi connectivity index (χ3n) is 2.22. The summed E-state index contributed by atoms with van der Waals surface area (Å²) in [7, 11) is 0. The Morgan fingerprint density at radius 1 is 1.12 bits per heavy atom. The van der Waals surface area contributed by atoms with E-state index in [1.165, 1.54) is 24.5 Å². The molecular weight excluding hydrogens is 219 g/mol. The van der Waals surface area contributed by atoms with Gasteiger partial charge in [0, 0.05) is 18.0 Å². The van der Waals surface area contributed by atoms with Crippen molar-refractivity contribution >= 4 is 11.0 Å². The molecule has 84 valence electrons. The molecule has 0 saturated heterocycles. The lowest BCUT2D eigenvalue weighted by molar-refractivity contribution is -0.148. The van der Waals surface area contributed by atoms with Gasteiger partial charge in [-0.3, -0.25) is 9.97 Å². The van der Waals surface area contributed by atoms with E-state index in [1.54, 1.807) is 6.07 Å². The van der Waals surface area contributed by atoms with E-state index in [4.69, 9.17) is 5.73 Å². The number of rotatable bonds is 1. The van der Waals surface area contributed by atoms with Gasteiger partial charge in [0.2, 0.25) is 0 Å². The van der Waals surface area contributed by atoms with Gasteiger partial charge in [0.1, 0.15) is 6.04 Å². The minimum Gasteiger partial charge on any atom is -0.316 e. The Morgan fingerprint density at radius 2 is 1.81 bits per heavy atom. The van der Waals surface area contributed by atoms with Crippen LogP contribution in [0.15, 0.2) is 30.6 Å². The molecule has 2 rings (SSSR count). The molecule has 0 unspecified atom stereocenters. The van der Waals surface area contributed by atoms with Gasteiger partial charge in [-0.2, -0.15) is 13.2 Å². The number of aromatic nitrogens is 2. The van der Waals surface area contributed by atoms with Crippen molar-refractivity contribution in [2.75, 3.05) is 0 Å². The molecule has 0 aliphatic rings. The summed E-state index contributed by atoms with van der Waals surface area (Å²) in [6.45, 7) is 0. The molecule has 1 heterocycles. The van der Waals surface area contributed by atoms with Crippen molar-refractivity contribution in [2.24, 2.45) is 5.73 Å². The first-order chi connectivity index (χ1) is 7.50. The Bertz CT molecular complexity index is 505. The van der Waals surface area contributed by atoms with Crippen LogP contribution in [-0.4, -0.2) is 16.1 Å². The average Bonchev–Trinajstić information content (AvgIpc) is 2.26. The molecule has 2 N–H and O–H groups in total. The quantitative estimate of drug-likeness (QED) is 0.812. The zero-order valence-electron chi connectivity index (χ0n) is 8.07. The Hall–Kier alpha value is -1.69. The molecule has 0 fully saturated rings. The smallest absolute Gasteiger partial charge is 0.316 e. The molecule has 0 spiro atoms. The van der Waals surface area contributed by atoms with Crippen LogP contribution in [0, 0.1) is 0 Å². The molecule has 1 atom stereocenters. The van der Waals surface area contributed by atoms with Crippen LogP contribution in [0.2, 0.25) is 0 Å². The predicted molar refractivity (Wildman–Crippen MR) is 52.5 cm³/mol. The fraction of sp³-hybridized carbons (Fsp3) is 0.200. The molecule has 1 aromatic carbocycles. The van der Waals surface area contributed by atoms with Crippen LogP contribution in [0.3, 0.4) is 0 Å². The van der Waals surface area contributed by atoms with E-state index in [1.807, 2.05) is 0 Å². The highest BCUT2D eigenvalue weighted by Crippen LogP contribution is 2.32. The number of benzene rings is 1. The maximum atomic E-state index is 12.5. The van der Waals surface area contributed by atoms with Crippen LogP contribution in [-0.2, 0) is 0 Å². The third kappa shape index (κ3) is 1.83. The summed E-state index contributed by atoms with van der Waals surface area (Å²) < 4.78 is 37.5. The maximum absolute atomic E-state index is 12.5. The van der Waals surface area contributed by atoms with Gasteiger partial charge in [-0.25, -0.2) is 0 Å². The Balaban J connectivity index is 2.61. The van der Waals surface area contributed by atoms with Crippen molar-refractivity contribution in [3.8, 4) is 0 Å². The number of hydrogen-bond donors (Lipinski definition) is 1. The SMILES string of the molecule is N[C@H](c1cccc2nccnc12)C(F)(F)F. The Morgan fingerprint density at radius 3 is 2.50 bits per heavy atom. The normalized spacial score (nSPS) is 14.0. The van der Waals surface area contributed by atoms with Crippen molar-refractivity contribution in [3.63, 3.8) is 0 Å². The highest BCUT2D eigenvalue weighted by Gasteiger charge is 2.38. The Labute approximate surface area is 89.1 Å². The second-order valence-electron chi connectivity index (χ2n) is 3.29. The van der Waals surface area contributed by atoms with Crippen LogP contribution in [0.5, 0.6) is 0 Å². The first-order valence-electron chi connectivity index (χ1n) is 4.52. The zero-order valence-corrected chi connectivity index (χ0v) is 8.07. The molecular formula is C10H8F3N3. The number of para-hydroxylation sites is 1. The van der Waals surface area contributed by atoms with Crippen molar-refractivity contribution in [1.82, 2.24) is 9.97 Å². The number of alkyl halides is 3. The summed E-state index contributed by atoms with van der Waals surface area (Å²) >= 11 is 0. The second kappa shape index (κ2) is 3.71. The topological polar surface area (TPSA) is 51.8 Å². The van der Waals surface area contributed by atoms with Crippen molar-refractivity contribution in [3.05, 3.63) is 36.2 Å². The lowest BCUT2D eigenvalue weighted by atomic mass is 10.1. The van der Waals surface area contributed by atoms with Crippen LogP contribution in [0.1, 0.15) is 11.6 Å². The van der Waals surface area contributed by atoms with Gasteiger partial charge < -0.3 is 5.73 Å². The number of halogens is 3. The van der Waals surface area contributed by atoms with E-state index in [2.05, 4.69) is 9.97 Å². The van der Waals surface area contributed by atoms with E-state index >= 15 is 0 Å². The lowest BCUT2D eigenvalue weighted by Gasteiger charge is -2.16. The lowest BCUT2D eigenvalue weighted by Crippen LogP contribution is -2.28. The molecule has 2 aromatic rings. The van der Waals surface area contributed by atoms with E-state index in [0.29, 0.717) is 5.52 Å². The van der Waals surface area contributed by atoms with Crippen molar-refractivity contribution in [1.29, 1.82) is 0 Å². The van der Waals surface area contributed by atoms with Crippen molar-refractivity contribution in [2.45, 2.75) is 12.2 Å². The fourth-order valence-electron chi connectivity index (χ4n) is 1.44. The standard InChI is InChI=1S/C10H8F3N3/c11-10(12,13)9(14)6-2-1-3-7-8(6)16-5-4-15-7/h1-5,9H,14H2/t9-/m1/s1. The van der Waals surface area contributed by atoms with Crippen molar-refractivity contribution < 1.29 is 13.2 Å². The van der Waals surface area contributed by atoms with Crippen LogP contribution < -0.4 is 5.73 Å². The van der Waals surface area contributed by atoms with Crippen LogP contribution >= 0.6 is 0 Å². The van der Waals surface area contributed by atoms with Crippen LogP contribution in [0.4, 0.5) is 13.2 Å². The zero-order chi connectivity index (χ0) is 11.8. The summed E-state index contributed by atoms with van der Waals surface area (Å²) in [6.07, 6.45) is -1.72. The van der Waals surface area contributed by atoms with E-state index in [9.17, 15) is 13.2 Å². The van der Waals surface area contributed by atoms with E-state index in [0.717, 1.165) is 0 Å². The summed E-state index contributed by atoms with van der Waals surface area (Å²) in [5.74, 6) is 0. The minimum absolute atomic E-state index is 0.0573. The number of nitrogens with zero attached hydrogens (tertiary/aromatic N) is 2. The first kappa shape index (κ1) is 10.8. The Kier molecular flexibility index (Phi) is 2.51. The summed E-state index contributed by atoms with van der Waals surface area (Å²) in [5, 5.41) is 0. The van der Waals surface area contributed by atoms with Gasteiger partial charge in [-0.05, 0) is 6.07 Å². The molecule has 0 bridgehead atoms. The number of hydrogen-bond acceptors (Lipinski definition) is 3. The van der Waals surface area contributed by atoms with Crippen LogP contribution in [0.25, 0.3) is 11.0 Å². The highest BCUT2D eigenvalue weighted by molar-refractivity contribution is 5.78.